The largest absolute Gasteiger partial charge is 0.385 e. The van der Waals surface area contributed by atoms with Crippen molar-refractivity contribution in [2.75, 3.05) is 24.5 Å². The van der Waals surface area contributed by atoms with E-state index in [0.717, 1.165) is 36.7 Å². The first kappa shape index (κ1) is 14.7. The molecular formula is C12H23N5O. The molecule has 1 aromatic rings. The summed E-state index contributed by atoms with van der Waals surface area (Å²) in [5.74, 6) is 7.74. The van der Waals surface area contributed by atoms with Crippen molar-refractivity contribution in [3.05, 3.63) is 11.4 Å². The number of nitrogens with zero attached hydrogens (tertiary/aromatic N) is 2. The minimum absolute atomic E-state index is 0.286. The van der Waals surface area contributed by atoms with Gasteiger partial charge in [-0.1, -0.05) is 6.92 Å². The molecule has 1 atom stereocenters. The highest BCUT2D eigenvalue weighted by Gasteiger charge is 2.11. The summed E-state index contributed by atoms with van der Waals surface area (Å²) < 4.78 is 5.07. The molecule has 6 heteroatoms. The van der Waals surface area contributed by atoms with Crippen LogP contribution in [0.5, 0.6) is 0 Å². The number of nitrogens with one attached hydrogen (secondary N) is 2. The van der Waals surface area contributed by atoms with Gasteiger partial charge in [-0.05, 0) is 20.3 Å². The summed E-state index contributed by atoms with van der Waals surface area (Å²) in [4.78, 5) is 8.82. The first-order valence-corrected chi connectivity index (χ1v) is 6.21. The first-order chi connectivity index (χ1) is 8.62. The molecule has 0 aliphatic rings. The van der Waals surface area contributed by atoms with Crippen LogP contribution in [0.2, 0.25) is 0 Å². The van der Waals surface area contributed by atoms with Gasteiger partial charge in [-0.3, -0.25) is 0 Å². The van der Waals surface area contributed by atoms with Gasteiger partial charge in [-0.25, -0.2) is 15.8 Å². The summed E-state index contributed by atoms with van der Waals surface area (Å²) in [6.07, 6.45) is 1.70. The Balaban J connectivity index is 2.86. The Labute approximate surface area is 108 Å². The van der Waals surface area contributed by atoms with Crippen LogP contribution in [0.4, 0.5) is 11.6 Å². The Morgan fingerprint density at radius 3 is 2.56 bits per heavy atom. The highest BCUT2D eigenvalue weighted by atomic mass is 16.5. The summed E-state index contributed by atoms with van der Waals surface area (Å²) in [5.41, 5.74) is 3.54. The van der Waals surface area contributed by atoms with E-state index in [2.05, 4.69) is 27.6 Å². The van der Waals surface area contributed by atoms with E-state index in [1.807, 2.05) is 13.8 Å². The van der Waals surface area contributed by atoms with Crippen molar-refractivity contribution in [2.24, 2.45) is 5.84 Å². The Hall–Kier alpha value is -1.40. The molecule has 0 aliphatic heterocycles. The smallest absolute Gasteiger partial charge is 0.148 e. The molecule has 0 spiro atoms. The number of rotatable bonds is 7. The monoisotopic (exact) mass is 253 g/mol. The number of aryl methyl sites for hydroxylation is 1. The second-order valence-electron chi connectivity index (χ2n) is 4.29. The predicted molar refractivity (Wildman–Crippen MR) is 73.5 cm³/mol. The number of hydrogen-bond acceptors (Lipinski definition) is 6. The van der Waals surface area contributed by atoms with Crippen LogP contribution in [0.3, 0.4) is 0 Å². The van der Waals surface area contributed by atoms with E-state index in [-0.39, 0.29) is 6.04 Å². The van der Waals surface area contributed by atoms with E-state index in [0.29, 0.717) is 5.82 Å². The summed E-state index contributed by atoms with van der Waals surface area (Å²) in [5, 5.41) is 3.37. The van der Waals surface area contributed by atoms with E-state index in [4.69, 9.17) is 10.6 Å². The quantitative estimate of drug-likeness (QED) is 0.504. The van der Waals surface area contributed by atoms with Gasteiger partial charge in [0.05, 0.1) is 0 Å². The lowest BCUT2D eigenvalue weighted by Crippen LogP contribution is -2.21. The van der Waals surface area contributed by atoms with Crippen LogP contribution in [0, 0.1) is 6.92 Å². The van der Waals surface area contributed by atoms with E-state index >= 15 is 0 Å². The van der Waals surface area contributed by atoms with Gasteiger partial charge < -0.3 is 15.5 Å². The Kier molecular flexibility index (Phi) is 5.80. The van der Waals surface area contributed by atoms with Crippen LogP contribution in [0.1, 0.15) is 31.7 Å². The third kappa shape index (κ3) is 3.82. The number of ether oxygens (including phenoxy) is 1. The second-order valence-corrected chi connectivity index (χ2v) is 4.29. The minimum Gasteiger partial charge on any atom is -0.385 e. The molecule has 4 N–H and O–H groups in total. The average Bonchev–Trinajstić information content (AvgIpc) is 2.38. The molecule has 1 rings (SSSR count). The van der Waals surface area contributed by atoms with Crippen molar-refractivity contribution in [3.8, 4) is 0 Å². The highest BCUT2D eigenvalue weighted by molar-refractivity contribution is 5.57. The number of hydrazine groups is 1. The topological polar surface area (TPSA) is 85.1 Å². The maximum Gasteiger partial charge on any atom is 0.148 e. The fourth-order valence-corrected chi connectivity index (χ4v) is 1.60. The van der Waals surface area contributed by atoms with Gasteiger partial charge in [0.15, 0.2) is 0 Å². The molecule has 0 aliphatic carbocycles. The van der Waals surface area contributed by atoms with Gasteiger partial charge in [0.2, 0.25) is 0 Å². The second kappa shape index (κ2) is 7.13. The summed E-state index contributed by atoms with van der Waals surface area (Å²) in [7, 11) is 1.70. The maximum absolute atomic E-state index is 5.47. The molecule has 0 amide bonds. The van der Waals surface area contributed by atoms with Crippen molar-refractivity contribution in [1.29, 1.82) is 0 Å². The van der Waals surface area contributed by atoms with Gasteiger partial charge in [-0.2, -0.15) is 0 Å². The molecule has 0 radical (unpaired) electrons. The lowest BCUT2D eigenvalue weighted by molar-refractivity contribution is 0.191. The minimum atomic E-state index is 0.286. The van der Waals surface area contributed by atoms with E-state index < -0.39 is 0 Å². The number of anilines is 2. The zero-order valence-corrected chi connectivity index (χ0v) is 11.6. The SMILES string of the molecule is CCc1nc(NN)c(C)c(NC(C)CCOC)n1. The molecule has 0 bridgehead atoms. The zero-order chi connectivity index (χ0) is 13.5. The standard InChI is InChI=1S/C12H23N5O/c1-5-10-15-11(9(3)12(16-10)17-13)14-8(2)6-7-18-4/h8H,5-7,13H2,1-4H3,(H2,14,15,16,17). The van der Waals surface area contributed by atoms with Gasteiger partial charge >= 0.3 is 0 Å². The van der Waals surface area contributed by atoms with Crippen LogP contribution >= 0.6 is 0 Å². The lowest BCUT2D eigenvalue weighted by Gasteiger charge is -2.17. The molecule has 0 saturated heterocycles. The van der Waals surface area contributed by atoms with Gasteiger partial charge in [0, 0.05) is 31.7 Å². The van der Waals surface area contributed by atoms with E-state index in [1.165, 1.54) is 0 Å². The molecule has 1 heterocycles. The van der Waals surface area contributed by atoms with Crippen molar-refractivity contribution in [3.63, 3.8) is 0 Å². The molecule has 1 unspecified atom stereocenters. The predicted octanol–water partition coefficient (Wildman–Crippen LogP) is 1.47. The van der Waals surface area contributed by atoms with Crippen LogP contribution in [0.25, 0.3) is 0 Å². The van der Waals surface area contributed by atoms with Crippen LogP contribution in [0.15, 0.2) is 0 Å². The van der Waals surface area contributed by atoms with Crippen molar-refractivity contribution in [1.82, 2.24) is 9.97 Å². The molecule has 0 aromatic carbocycles. The third-order valence-corrected chi connectivity index (χ3v) is 2.78. The van der Waals surface area contributed by atoms with E-state index in [9.17, 15) is 0 Å². The molecule has 6 nitrogen and oxygen atoms in total. The van der Waals surface area contributed by atoms with Gasteiger partial charge in [-0.15, -0.1) is 0 Å². The summed E-state index contributed by atoms with van der Waals surface area (Å²) in [6, 6.07) is 0.286. The number of nitrogens with two attached hydrogens (primary N) is 1. The lowest BCUT2D eigenvalue weighted by atomic mass is 10.2. The first-order valence-electron chi connectivity index (χ1n) is 6.21. The average molecular weight is 253 g/mol. The zero-order valence-electron chi connectivity index (χ0n) is 11.6. The molecule has 0 fully saturated rings. The number of methoxy groups -OCH3 is 1. The van der Waals surface area contributed by atoms with Crippen LogP contribution in [-0.2, 0) is 11.2 Å². The summed E-state index contributed by atoms with van der Waals surface area (Å²) >= 11 is 0. The molecule has 1 aromatic heterocycles. The molecular weight excluding hydrogens is 230 g/mol. The Morgan fingerprint density at radius 1 is 1.33 bits per heavy atom. The Morgan fingerprint density at radius 2 is 2.00 bits per heavy atom. The molecule has 0 saturated carbocycles. The third-order valence-electron chi connectivity index (χ3n) is 2.78. The molecule has 102 valence electrons. The van der Waals surface area contributed by atoms with Crippen molar-refractivity contribution < 1.29 is 4.74 Å². The fourth-order valence-electron chi connectivity index (χ4n) is 1.60. The number of nitrogen functional groups attached to an aromatic ring is 1. The van der Waals surface area contributed by atoms with Crippen molar-refractivity contribution >= 4 is 11.6 Å². The normalized spacial score (nSPS) is 12.3. The van der Waals surface area contributed by atoms with E-state index in [1.54, 1.807) is 7.11 Å². The summed E-state index contributed by atoms with van der Waals surface area (Å²) in [6.45, 7) is 6.78. The number of hydrogen-bond donors (Lipinski definition) is 3. The van der Waals surface area contributed by atoms with Gasteiger partial charge in [0.25, 0.3) is 0 Å². The maximum atomic E-state index is 5.47. The fraction of sp³-hybridized carbons (Fsp3) is 0.667. The van der Waals surface area contributed by atoms with Crippen LogP contribution in [-0.4, -0.2) is 29.7 Å². The molecule has 18 heavy (non-hydrogen) atoms. The van der Waals surface area contributed by atoms with Crippen molar-refractivity contribution in [2.45, 2.75) is 39.7 Å². The van der Waals surface area contributed by atoms with Crippen LogP contribution < -0.4 is 16.6 Å². The Bertz CT molecular complexity index is 383. The number of aromatic nitrogens is 2. The van der Waals surface area contributed by atoms with Gasteiger partial charge in [0.1, 0.15) is 17.5 Å². The highest BCUT2D eigenvalue weighted by Crippen LogP contribution is 2.20.